The van der Waals surface area contributed by atoms with Gasteiger partial charge in [-0.05, 0) is 49.6 Å². The molecule has 2 aromatic carbocycles. The molecule has 1 N–H and O–H groups in total. The van der Waals surface area contributed by atoms with Crippen LogP contribution in [0.1, 0.15) is 26.7 Å². The lowest BCUT2D eigenvalue weighted by molar-refractivity contribution is -0.120. The van der Waals surface area contributed by atoms with Gasteiger partial charge >= 0.3 is 0 Å². The topological polar surface area (TPSA) is 64.0 Å². The van der Waals surface area contributed by atoms with Crippen molar-refractivity contribution in [2.45, 2.75) is 49.7 Å². The Morgan fingerprint density at radius 2 is 2.00 bits per heavy atom. The highest BCUT2D eigenvalue weighted by Crippen LogP contribution is 2.26. The van der Waals surface area contributed by atoms with Crippen molar-refractivity contribution in [3.05, 3.63) is 46.8 Å². The Bertz CT molecular complexity index is 1060. The van der Waals surface area contributed by atoms with Crippen LogP contribution in [0.3, 0.4) is 0 Å². The van der Waals surface area contributed by atoms with E-state index in [0.717, 1.165) is 23.6 Å². The second-order valence-electron chi connectivity index (χ2n) is 6.70. The van der Waals surface area contributed by atoms with Gasteiger partial charge in [0.1, 0.15) is 0 Å². The Hall–Kier alpha value is -2.34. The number of amides is 1. The molecule has 0 saturated heterocycles. The van der Waals surface area contributed by atoms with Crippen molar-refractivity contribution in [3.63, 3.8) is 0 Å². The lowest BCUT2D eigenvalue weighted by Crippen LogP contribution is -2.33. The smallest absolute Gasteiger partial charge is 0.262 e. The summed E-state index contributed by atoms with van der Waals surface area (Å²) in [5, 5.41) is 6.01. The SMILES string of the molecule is CCn1c(S[C@@H](C)C(=O)NC2CC2)nc2cc3ccccc3cc2c1=O. The van der Waals surface area contributed by atoms with Crippen LogP contribution < -0.4 is 10.9 Å². The van der Waals surface area contributed by atoms with Crippen LogP contribution in [0.25, 0.3) is 21.7 Å². The molecule has 1 amide bonds. The molecule has 1 heterocycles. The minimum absolute atomic E-state index is 0.00742. The third-order valence-electron chi connectivity index (χ3n) is 4.68. The fraction of sp³-hybridized carbons (Fsp3) is 0.350. The molecule has 0 radical (unpaired) electrons. The van der Waals surface area contributed by atoms with Crippen LogP contribution in [-0.4, -0.2) is 26.8 Å². The molecule has 4 rings (SSSR count). The average molecular weight is 367 g/mol. The predicted octanol–water partition coefficient (Wildman–Crippen LogP) is 3.33. The molecular formula is C20H21N3O2S. The Morgan fingerprint density at radius 3 is 2.65 bits per heavy atom. The largest absolute Gasteiger partial charge is 0.352 e. The Balaban J connectivity index is 1.76. The number of nitrogens with zero attached hydrogens (tertiary/aromatic N) is 2. The van der Waals surface area contributed by atoms with Crippen molar-refractivity contribution < 1.29 is 4.79 Å². The van der Waals surface area contributed by atoms with Crippen LogP contribution in [0, 0.1) is 0 Å². The molecule has 134 valence electrons. The maximum absolute atomic E-state index is 13.0. The van der Waals surface area contributed by atoms with Crippen LogP contribution in [0.2, 0.25) is 0 Å². The van der Waals surface area contributed by atoms with Gasteiger partial charge in [0.25, 0.3) is 5.56 Å². The van der Waals surface area contributed by atoms with Crippen molar-refractivity contribution in [3.8, 4) is 0 Å². The van der Waals surface area contributed by atoms with E-state index in [1.165, 1.54) is 11.8 Å². The molecule has 0 spiro atoms. The number of carbonyl (C=O) groups is 1. The van der Waals surface area contributed by atoms with Gasteiger partial charge in [0.15, 0.2) is 5.16 Å². The molecule has 0 aliphatic heterocycles. The number of hydrogen-bond donors (Lipinski definition) is 1. The summed E-state index contributed by atoms with van der Waals surface area (Å²) in [6.07, 6.45) is 2.12. The van der Waals surface area contributed by atoms with E-state index in [1.54, 1.807) is 4.57 Å². The van der Waals surface area contributed by atoms with Gasteiger partial charge in [-0.15, -0.1) is 0 Å². The average Bonchev–Trinajstić information content (AvgIpc) is 3.44. The Kier molecular flexibility index (Phi) is 4.44. The Morgan fingerprint density at radius 1 is 1.31 bits per heavy atom. The maximum atomic E-state index is 13.0. The van der Waals surface area contributed by atoms with E-state index < -0.39 is 0 Å². The summed E-state index contributed by atoms with van der Waals surface area (Å²) < 4.78 is 1.66. The van der Waals surface area contributed by atoms with Gasteiger partial charge < -0.3 is 5.32 Å². The summed E-state index contributed by atoms with van der Waals surface area (Å²) in [5.74, 6) is 0.00742. The summed E-state index contributed by atoms with van der Waals surface area (Å²) in [6, 6.07) is 12.1. The van der Waals surface area contributed by atoms with Gasteiger partial charge in [-0.1, -0.05) is 36.0 Å². The summed E-state index contributed by atoms with van der Waals surface area (Å²) >= 11 is 1.35. The van der Waals surface area contributed by atoms with Crippen molar-refractivity contribution in [2.24, 2.45) is 0 Å². The third-order valence-corrected chi connectivity index (χ3v) is 5.77. The molecular weight excluding hydrogens is 346 g/mol. The van der Waals surface area contributed by atoms with Crippen LogP contribution in [0.5, 0.6) is 0 Å². The first-order chi connectivity index (χ1) is 12.6. The number of hydrogen-bond acceptors (Lipinski definition) is 4. The molecule has 1 aliphatic carbocycles. The third kappa shape index (κ3) is 3.21. The minimum Gasteiger partial charge on any atom is -0.352 e. The van der Waals surface area contributed by atoms with Crippen LogP contribution >= 0.6 is 11.8 Å². The van der Waals surface area contributed by atoms with E-state index in [2.05, 4.69) is 5.32 Å². The van der Waals surface area contributed by atoms with Crippen LogP contribution in [0.15, 0.2) is 46.3 Å². The second-order valence-corrected chi connectivity index (χ2v) is 8.01. The highest BCUT2D eigenvalue weighted by Gasteiger charge is 2.27. The predicted molar refractivity (Wildman–Crippen MR) is 106 cm³/mol. The summed E-state index contributed by atoms with van der Waals surface area (Å²) in [4.78, 5) is 30.0. The van der Waals surface area contributed by atoms with Gasteiger partial charge in [0.2, 0.25) is 5.91 Å². The number of benzene rings is 2. The van der Waals surface area contributed by atoms with E-state index in [1.807, 2.05) is 50.2 Å². The molecule has 1 fully saturated rings. The van der Waals surface area contributed by atoms with Gasteiger partial charge in [-0.3, -0.25) is 14.2 Å². The first-order valence-corrected chi connectivity index (χ1v) is 9.85. The number of aromatic nitrogens is 2. The van der Waals surface area contributed by atoms with Crippen molar-refractivity contribution in [2.75, 3.05) is 0 Å². The lowest BCUT2D eigenvalue weighted by Gasteiger charge is -2.15. The van der Waals surface area contributed by atoms with E-state index in [9.17, 15) is 9.59 Å². The maximum Gasteiger partial charge on any atom is 0.262 e. The fourth-order valence-electron chi connectivity index (χ4n) is 3.01. The first kappa shape index (κ1) is 17.1. The van der Waals surface area contributed by atoms with Crippen molar-refractivity contribution in [1.82, 2.24) is 14.9 Å². The zero-order valence-electron chi connectivity index (χ0n) is 14.9. The van der Waals surface area contributed by atoms with Gasteiger partial charge in [0.05, 0.1) is 16.2 Å². The second kappa shape index (κ2) is 6.76. The van der Waals surface area contributed by atoms with Gasteiger partial charge in [-0.25, -0.2) is 4.98 Å². The molecule has 1 atom stereocenters. The molecule has 26 heavy (non-hydrogen) atoms. The summed E-state index contributed by atoms with van der Waals surface area (Å²) in [7, 11) is 0. The quantitative estimate of drug-likeness (QED) is 0.427. The number of thioether (sulfide) groups is 1. The zero-order chi connectivity index (χ0) is 18.3. The molecule has 1 aromatic heterocycles. The van der Waals surface area contributed by atoms with E-state index in [0.29, 0.717) is 28.6 Å². The Labute approximate surface area is 155 Å². The number of nitrogens with one attached hydrogen (secondary N) is 1. The standard InChI is InChI=1S/C20H21N3O2S/c1-3-23-19(25)16-10-13-6-4-5-7-14(13)11-17(16)22-20(23)26-12(2)18(24)21-15-8-9-15/h4-7,10-12,15H,3,8-9H2,1-2H3,(H,21,24)/t12-/m0/s1. The molecule has 0 bridgehead atoms. The van der Waals surface area contributed by atoms with Crippen molar-refractivity contribution in [1.29, 1.82) is 0 Å². The monoisotopic (exact) mass is 367 g/mol. The number of rotatable bonds is 5. The molecule has 0 unspecified atom stereocenters. The van der Waals surface area contributed by atoms with Gasteiger partial charge in [0, 0.05) is 12.6 Å². The van der Waals surface area contributed by atoms with E-state index in [-0.39, 0.29) is 16.7 Å². The minimum atomic E-state index is -0.293. The molecule has 1 saturated carbocycles. The highest BCUT2D eigenvalue weighted by molar-refractivity contribution is 8.00. The van der Waals surface area contributed by atoms with Crippen LogP contribution in [-0.2, 0) is 11.3 Å². The number of fused-ring (bicyclic) bond motifs is 2. The van der Waals surface area contributed by atoms with Gasteiger partial charge in [-0.2, -0.15) is 0 Å². The summed E-state index contributed by atoms with van der Waals surface area (Å²) in [6.45, 7) is 4.31. The molecule has 3 aromatic rings. The molecule has 5 nitrogen and oxygen atoms in total. The van der Waals surface area contributed by atoms with Crippen LogP contribution in [0.4, 0.5) is 0 Å². The fourth-order valence-corrected chi connectivity index (χ4v) is 4.00. The van der Waals surface area contributed by atoms with E-state index >= 15 is 0 Å². The normalized spacial score (nSPS) is 15.3. The summed E-state index contributed by atoms with van der Waals surface area (Å²) in [5.41, 5.74) is 0.622. The lowest BCUT2D eigenvalue weighted by atomic mass is 10.1. The first-order valence-electron chi connectivity index (χ1n) is 8.97. The van der Waals surface area contributed by atoms with Crippen molar-refractivity contribution >= 4 is 39.3 Å². The highest BCUT2D eigenvalue weighted by atomic mass is 32.2. The van der Waals surface area contributed by atoms with E-state index in [4.69, 9.17) is 4.98 Å². The molecule has 1 aliphatic rings. The number of carbonyl (C=O) groups excluding carboxylic acids is 1. The molecule has 6 heteroatoms. The zero-order valence-corrected chi connectivity index (χ0v) is 15.7.